The lowest BCUT2D eigenvalue weighted by atomic mass is 9.96. The molecule has 0 atom stereocenters. The first kappa shape index (κ1) is 19.6. The van der Waals surface area contributed by atoms with Crippen molar-refractivity contribution in [3.63, 3.8) is 0 Å². The van der Waals surface area contributed by atoms with Gasteiger partial charge in [0.05, 0.1) is 24.5 Å². The third kappa shape index (κ3) is 3.77. The number of ether oxygens (including phenoxy) is 2. The van der Waals surface area contributed by atoms with Gasteiger partial charge in [-0.25, -0.2) is 0 Å². The smallest absolute Gasteiger partial charge is 0.155 e. The number of aromatic hydroxyl groups is 1. The summed E-state index contributed by atoms with van der Waals surface area (Å²) in [5, 5.41) is 16.4. The molecule has 0 unspecified atom stereocenters. The van der Waals surface area contributed by atoms with Crippen LogP contribution in [0.25, 0.3) is 21.9 Å². The van der Waals surface area contributed by atoms with Crippen LogP contribution in [0.15, 0.2) is 78.9 Å². The van der Waals surface area contributed by atoms with Crippen LogP contribution in [-0.2, 0) is 0 Å². The summed E-state index contributed by atoms with van der Waals surface area (Å²) in [6.45, 7) is 3.96. The number of anilines is 2. The Morgan fingerprint density at radius 1 is 0.833 bits per heavy atom. The predicted octanol–water partition coefficient (Wildman–Crippen LogP) is 6.75. The molecule has 152 valence electrons. The summed E-state index contributed by atoms with van der Waals surface area (Å²) in [6.07, 6.45) is -0.0705. The second-order valence-electron chi connectivity index (χ2n) is 7.36. The maximum Gasteiger partial charge on any atom is 0.155 e. The molecule has 4 nitrogen and oxygen atoms in total. The van der Waals surface area contributed by atoms with Gasteiger partial charge in [-0.2, -0.15) is 0 Å². The van der Waals surface area contributed by atoms with E-state index in [4.69, 9.17) is 9.47 Å². The molecule has 0 aliphatic heterocycles. The van der Waals surface area contributed by atoms with Crippen LogP contribution in [0.2, 0.25) is 0 Å². The first-order valence-electron chi connectivity index (χ1n) is 9.99. The predicted molar refractivity (Wildman–Crippen MR) is 123 cm³/mol. The van der Waals surface area contributed by atoms with Crippen molar-refractivity contribution in [2.24, 2.45) is 0 Å². The van der Waals surface area contributed by atoms with E-state index in [1.165, 1.54) is 0 Å². The third-order valence-corrected chi connectivity index (χ3v) is 4.90. The average Bonchev–Trinajstić information content (AvgIpc) is 2.77. The van der Waals surface area contributed by atoms with Crippen LogP contribution in [0.1, 0.15) is 13.8 Å². The summed E-state index contributed by atoms with van der Waals surface area (Å²) < 4.78 is 11.7. The zero-order valence-corrected chi connectivity index (χ0v) is 17.3. The van der Waals surface area contributed by atoms with Crippen LogP contribution < -0.4 is 14.8 Å². The van der Waals surface area contributed by atoms with Crippen LogP contribution in [0.5, 0.6) is 17.2 Å². The zero-order valence-electron chi connectivity index (χ0n) is 17.3. The average molecular weight is 399 g/mol. The third-order valence-electron chi connectivity index (χ3n) is 4.90. The van der Waals surface area contributed by atoms with Crippen LogP contribution in [0.4, 0.5) is 11.4 Å². The number of benzene rings is 4. The highest BCUT2D eigenvalue weighted by molar-refractivity contribution is 6.08. The van der Waals surface area contributed by atoms with Gasteiger partial charge in [-0.15, -0.1) is 0 Å². The Bertz CT molecular complexity index is 1160. The minimum absolute atomic E-state index is 0.0705. The quantitative estimate of drug-likeness (QED) is 0.352. The summed E-state index contributed by atoms with van der Waals surface area (Å²) in [7, 11) is 1.62. The summed E-state index contributed by atoms with van der Waals surface area (Å²) >= 11 is 0. The minimum Gasteiger partial charge on any atom is -0.507 e. The van der Waals surface area contributed by atoms with Crippen LogP contribution in [-0.4, -0.2) is 18.3 Å². The van der Waals surface area contributed by atoms with Gasteiger partial charge >= 0.3 is 0 Å². The van der Waals surface area contributed by atoms with Crippen molar-refractivity contribution in [3.05, 3.63) is 78.9 Å². The largest absolute Gasteiger partial charge is 0.507 e. The van der Waals surface area contributed by atoms with Crippen LogP contribution in [0, 0.1) is 0 Å². The maximum absolute atomic E-state index is 11.3. The monoisotopic (exact) mass is 399 g/mol. The van der Waals surface area contributed by atoms with Crippen LogP contribution in [0.3, 0.4) is 0 Å². The molecule has 0 fully saturated rings. The summed E-state index contributed by atoms with van der Waals surface area (Å²) in [5.41, 5.74) is 3.28. The summed E-state index contributed by atoms with van der Waals surface area (Å²) in [5.74, 6) is 1.47. The van der Waals surface area contributed by atoms with Gasteiger partial charge < -0.3 is 19.9 Å². The highest BCUT2D eigenvalue weighted by Gasteiger charge is 2.23. The number of hydrogen-bond acceptors (Lipinski definition) is 4. The summed E-state index contributed by atoms with van der Waals surface area (Å²) in [6, 6.07) is 25.4. The molecular weight excluding hydrogens is 374 g/mol. The van der Waals surface area contributed by atoms with Gasteiger partial charge in [0.25, 0.3) is 0 Å². The number of para-hydroxylation sites is 1. The second kappa shape index (κ2) is 8.37. The molecule has 4 aromatic carbocycles. The molecule has 4 rings (SSSR count). The zero-order chi connectivity index (χ0) is 21.1. The molecule has 4 aromatic rings. The number of nitrogens with one attached hydrogen (secondary N) is 1. The fourth-order valence-electron chi connectivity index (χ4n) is 3.57. The van der Waals surface area contributed by atoms with E-state index in [0.29, 0.717) is 22.4 Å². The van der Waals surface area contributed by atoms with E-state index in [1.54, 1.807) is 7.11 Å². The van der Waals surface area contributed by atoms with E-state index in [2.05, 4.69) is 5.32 Å². The van der Waals surface area contributed by atoms with Gasteiger partial charge in [-0.05, 0) is 49.7 Å². The van der Waals surface area contributed by atoms with Gasteiger partial charge in [0.15, 0.2) is 5.75 Å². The first-order chi connectivity index (χ1) is 14.6. The van der Waals surface area contributed by atoms with E-state index in [1.807, 2.05) is 92.7 Å². The van der Waals surface area contributed by atoms with Crippen molar-refractivity contribution in [1.29, 1.82) is 0 Å². The molecule has 0 saturated carbocycles. The molecule has 0 aromatic heterocycles. The van der Waals surface area contributed by atoms with Gasteiger partial charge in [-0.1, -0.05) is 48.5 Å². The van der Waals surface area contributed by atoms with E-state index in [-0.39, 0.29) is 11.9 Å². The fraction of sp³-hybridized carbons (Fsp3) is 0.154. The Labute approximate surface area is 176 Å². The molecule has 0 heterocycles. The van der Waals surface area contributed by atoms with Gasteiger partial charge in [0, 0.05) is 16.5 Å². The van der Waals surface area contributed by atoms with E-state index >= 15 is 0 Å². The standard InChI is InChI=1S/C26H25NO3/c1-17(2)30-26-23(18-10-6-4-7-11-18)25(28)22-16-20(29-3)14-15-21(22)24(26)27-19-12-8-5-9-13-19/h4-17,27-28H,1-3H3. The molecule has 0 aliphatic rings. The summed E-state index contributed by atoms with van der Waals surface area (Å²) in [4.78, 5) is 0. The Morgan fingerprint density at radius 2 is 1.50 bits per heavy atom. The van der Waals surface area contributed by atoms with Gasteiger partial charge in [0.2, 0.25) is 0 Å². The van der Waals surface area contributed by atoms with E-state index in [0.717, 1.165) is 22.3 Å². The Hall–Kier alpha value is -3.66. The van der Waals surface area contributed by atoms with Crippen molar-refractivity contribution in [3.8, 4) is 28.4 Å². The number of rotatable bonds is 6. The van der Waals surface area contributed by atoms with Crippen molar-refractivity contribution in [1.82, 2.24) is 0 Å². The second-order valence-corrected chi connectivity index (χ2v) is 7.36. The highest BCUT2D eigenvalue weighted by Crippen LogP contribution is 2.50. The van der Waals surface area contributed by atoms with Crippen molar-refractivity contribution in [2.45, 2.75) is 20.0 Å². The fourth-order valence-corrected chi connectivity index (χ4v) is 3.57. The Kier molecular flexibility index (Phi) is 5.48. The van der Waals surface area contributed by atoms with E-state index in [9.17, 15) is 5.11 Å². The highest BCUT2D eigenvalue weighted by atomic mass is 16.5. The molecule has 30 heavy (non-hydrogen) atoms. The Balaban J connectivity index is 2.08. The van der Waals surface area contributed by atoms with Crippen molar-refractivity contribution < 1.29 is 14.6 Å². The number of fused-ring (bicyclic) bond motifs is 1. The SMILES string of the molecule is COc1ccc2c(Nc3ccccc3)c(OC(C)C)c(-c3ccccc3)c(O)c2c1. The topological polar surface area (TPSA) is 50.7 Å². The lowest BCUT2D eigenvalue weighted by Gasteiger charge is -2.23. The van der Waals surface area contributed by atoms with E-state index < -0.39 is 0 Å². The molecular formula is C26H25NO3. The number of methoxy groups -OCH3 is 1. The lowest BCUT2D eigenvalue weighted by molar-refractivity contribution is 0.244. The normalized spacial score (nSPS) is 10.9. The minimum atomic E-state index is -0.0705. The molecule has 0 bridgehead atoms. The van der Waals surface area contributed by atoms with Gasteiger partial charge in [0.1, 0.15) is 11.5 Å². The van der Waals surface area contributed by atoms with Crippen molar-refractivity contribution >= 4 is 22.1 Å². The van der Waals surface area contributed by atoms with Gasteiger partial charge in [-0.3, -0.25) is 0 Å². The molecule has 2 N–H and O–H groups in total. The molecule has 0 spiro atoms. The number of phenols is 1. The molecule has 4 heteroatoms. The molecule has 0 amide bonds. The Morgan fingerprint density at radius 3 is 2.13 bits per heavy atom. The van der Waals surface area contributed by atoms with Crippen LogP contribution >= 0.6 is 0 Å². The maximum atomic E-state index is 11.3. The molecule has 0 radical (unpaired) electrons. The number of phenolic OH excluding ortho intramolecular Hbond substituents is 1. The van der Waals surface area contributed by atoms with Crippen molar-refractivity contribution in [2.75, 3.05) is 12.4 Å². The molecule has 0 saturated heterocycles. The first-order valence-corrected chi connectivity index (χ1v) is 9.99. The number of hydrogen-bond donors (Lipinski definition) is 2. The lowest BCUT2D eigenvalue weighted by Crippen LogP contribution is -2.09. The molecule has 0 aliphatic carbocycles.